The van der Waals surface area contributed by atoms with E-state index in [9.17, 15) is 20.1 Å². The van der Waals surface area contributed by atoms with Crippen LogP contribution in [-0.2, 0) is 14.3 Å². The van der Waals surface area contributed by atoms with Crippen molar-refractivity contribution in [1.29, 1.82) is 0 Å². The van der Waals surface area contributed by atoms with Gasteiger partial charge in [-0.2, -0.15) is 0 Å². The quantitative estimate of drug-likeness (QED) is 0.587. The maximum Gasteiger partial charge on any atom is 0.335 e. The highest BCUT2D eigenvalue weighted by Gasteiger charge is 2.48. The zero-order valence-electron chi connectivity index (χ0n) is 13.8. The van der Waals surface area contributed by atoms with Crippen molar-refractivity contribution in [3.63, 3.8) is 0 Å². The molecule has 0 aromatic heterocycles. The molecule has 3 unspecified atom stereocenters. The van der Waals surface area contributed by atoms with E-state index in [-0.39, 0.29) is 12.0 Å². The summed E-state index contributed by atoms with van der Waals surface area (Å²) in [5.74, 6) is -0.246. The van der Waals surface area contributed by atoms with Gasteiger partial charge >= 0.3 is 5.97 Å². The predicted octanol–water partition coefficient (Wildman–Crippen LogP) is 0.356. The summed E-state index contributed by atoms with van der Waals surface area (Å²) >= 11 is 0. The standard InChI is InChI=1S/C16H28O7/c1-7(2)9-5-4-8(3)6-10(9)22-16-13(19)11(17)12(18)14(23-16)15(20)21/h7-14,16-19H,4-6H2,1-3H3,(H,20,21)/t8?,9?,10?,11-,12-,13+,14-,16+/m0/s1. The highest BCUT2D eigenvalue weighted by molar-refractivity contribution is 5.73. The largest absolute Gasteiger partial charge is 0.479 e. The van der Waals surface area contributed by atoms with E-state index in [4.69, 9.17) is 14.6 Å². The van der Waals surface area contributed by atoms with Crippen molar-refractivity contribution in [1.82, 2.24) is 0 Å². The van der Waals surface area contributed by atoms with Crippen molar-refractivity contribution in [2.75, 3.05) is 0 Å². The molecule has 2 fully saturated rings. The van der Waals surface area contributed by atoms with Gasteiger partial charge in [0.2, 0.25) is 0 Å². The first-order valence-electron chi connectivity index (χ1n) is 8.30. The number of carbonyl (C=O) groups is 1. The van der Waals surface area contributed by atoms with Gasteiger partial charge in [0.05, 0.1) is 6.10 Å². The summed E-state index contributed by atoms with van der Waals surface area (Å²) in [7, 11) is 0. The number of carboxylic acid groups (broad SMARTS) is 1. The average Bonchev–Trinajstić information content (AvgIpc) is 2.47. The first-order chi connectivity index (χ1) is 10.7. The third-order valence-electron chi connectivity index (χ3n) is 5.08. The molecule has 0 bridgehead atoms. The molecule has 1 aliphatic carbocycles. The number of aliphatic carboxylic acids is 1. The Bertz CT molecular complexity index is 413. The average molecular weight is 332 g/mol. The third kappa shape index (κ3) is 4.03. The van der Waals surface area contributed by atoms with Crippen molar-refractivity contribution >= 4 is 5.97 Å². The molecule has 1 aliphatic heterocycles. The van der Waals surface area contributed by atoms with Gasteiger partial charge in [0.25, 0.3) is 0 Å². The number of rotatable bonds is 4. The Labute approximate surface area is 136 Å². The summed E-state index contributed by atoms with van der Waals surface area (Å²) in [6.07, 6.45) is -4.92. The first-order valence-corrected chi connectivity index (χ1v) is 8.30. The lowest BCUT2D eigenvalue weighted by molar-refractivity contribution is -0.311. The summed E-state index contributed by atoms with van der Waals surface area (Å²) in [5, 5.41) is 38.7. The molecule has 0 amide bonds. The maximum atomic E-state index is 11.1. The van der Waals surface area contributed by atoms with E-state index in [1.165, 1.54) is 0 Å². The molecule has 0 spiro atoms. The topological polar surface area (TPSA) is 116 Å². The fourth-order valence-corrected chi connectivity index (χ4v) is 3.61. The normalized spacial score (nSPS) is 45.2. The van der Waals surface area contributed by atoms with E-state index in [1.807, 2.05) is 0 Å². The molecule has 2 aliphatic rings. The van der Waals surface area contributed by atoms with Gasteiger partial charge in [0, 0.05) is 0 Å². The van der Waals surface area contributed by atoms with Gasteiger partial charge in [-0.25, -0.2) is 4.79 Å². The second-order valence-corrected chi connectivity index (χ2v) is 7.24. The van der Waals surface area contributed by atoms with E-state index in [0.717, 1.165) is 19.3 Å². The van der Waals surface area contributed by atoms with Crippen LogP contribution in [0.25, 0.3) is 0 Å². The number of aliphatic hydroxyl groups excluding tert-OH is 3. The van der Waals surface area contributed by atoms with Gasteiger partial charge in [-0.15, -0.1) is 0 Å². The zero-order chi connectivity index (χ0) is 17.3. The van der Waals surface area contributed by atoms with E-state index < -0.39 is 36.7 Å². The Hall–Kier alpha value is -0.730. The summed E-state index contributed by atoms with van der Waals surface area (Å²) in [4.78, 5) is 11.1. The van der Waals surface area contributed by atoms with Crippen LogP contribution in [0.2, 0.25) is 0 Å². The smallest absolute Gasteiger partial charge is 0.335 e. The molecule has 8 atom stereocenters. The minimum absolute atomic E-state index is 0.171. The SMILES string of the molecule is CC1CCC(C(C)C)C(O[C@@H]2O[C@H](C(=O)O)[C@@H](O)[C@H](O)[C@H]2O)C1. The van der Waals surface area contributed by atoms with Crippen LogP contribution in [0.15, 0.2) is 0 Å². The lowest BCUT2D eigenvalue weighted by Crippen LogP contribution is -2.61. The molecule has 7 nitrogen and oxygen atoms in total. The first kappa shape index (κ1) is 18.6. The Balaban J connectivity index is 2.11. The molecule has 0 radical (unpaired) electrons. The van der Waals surface area contributed by atoms with Crippen molar-refractivity contribution < 1.29 is 34.7 Å². The van der Waals surface area contributed by atoms with Crippen molar-refractivity contribution in [3.8, 4) is 0 Å². The van der Waals surface area contributed by atoms with E-state index in [0.29, 0.717) is 11.8 Å². The van der Waals surface area contributed by atoms with Crippen LogP contribution in [-0.4, -0.2) is 63.2 Å². The second kappa shape index (κ2) is 7.44. The van der Waals surface area contributed by atoms with E-state index in [2.05, 4.69) is 20.8 Å². The second-order valence-electron chi connectivity index (χ2n) is 7.24. The molecule has 23 heavy (non-hydrogen) atoms. The summed E-state index contributed by atoms with van der Waals surface area (Å²) in [6, 6.07) is 0. The molecule has 1 heterocycles. The predicted molar refractivity (Wildman–Crippen MR) is 80.5 cm³/mol. The molecule has 4 N–H and O–H groups in total. The number of carboxylic acids is 1. The van der Waals surface area contributed by atoms with Gasteiger partial charge in [-0.05, 0) is 30.6 Å². The van der Waals surface area contributed by atoms with Crippen LogP contribution in [0.4, 0.5) is 0 Å². The number of hydrogen-bond donors (Lipinski definition) is 4. The highest BCUT2D eigenvalue weighted by Crippen LogP contribution is 2.37. The van der Waals surface area contributed by atoms with Gasteiger partial charge in [0.15, 0.2) is 12.4 Å². The lowest BCUT2D eigenvalue weighted by Gasteiger charge is -2.43. The molecular formula is C16H28O7. The van der Waals surface area contributed by atoms with Crippen LogP contribution >= 0.6 is 0 Å². The Morgan fingerprint density at radius 1 is 1.13 bits per heavy atom. The van der Waals surface area contributed by atoms with Crippen LogP contribution in [0.3, 0.4) is 0 Å². The van der Waals surface area contributed by atoms with Crippen LogP contribution < -0.4 is 0 Å². The number of aliphatic hydroxyl groups is 3. The molecule has 1 saturated carbocycles. The Morgan fingerprint density at radius 3 is 2.35 bits per heavy atom. The van der Waals surface area contributed by atoms with Gasteiger partial charge in [-0.1, -0.05) is 27.2 Å². The van der Waals surface area contributed by atoms with E-state index in [1.54, 1.807) is 0 Å². The summed E-state index contributed by atoms with van der Waals surface area (Å²) in [6.45, 7) is 6.34. The molecule has 134 valence electrons. The minimum Gasteiger partial charge on any atom is -0.479 e. The summed E-state index contributed by atoms with van der Waals surface area (Å²) < 4.78 is 11.1. The zero-order valence-corrected chi connectivity index (χ0v) is 13.8. The Kier molecular flexibility index (Phi) is 6.02. The van der Waals surface area contributed by atoms with E-state index >= 15 is 0 Å². The van der Waals surface area contributed by atoms with Crippen molar-refractivity contribution in [3.05, 3.63) is 0 Å². The monoisotopic (exact) mass is 332 g/mol. The molecule has 2 rings (SSSR count). The molecular weight excluding hydrogens is 304 g/mol. The highest BCUT2D eigenvalue weighted by atomic mass is 16.7. The Morgan fingerprint density at radius 2 is 1.78 bits per heavy atom. The minimum atomic E-state index is -1.69. The molecule has 0 aromatic rings. The number of hydrogen-bond acceptors (Lipinski definition) is 6. The molecule has 1 saturated heterocycles. The molecule has 7 heteroatoms. The fraction of sp³-hybridized carbons (Fsp3) is 0.938. The van der Waals surface area contributed by atoms with Crippen molar-refractivity contribution in [2.45, 2.75) is 76.8 Å². The lowest BCUT2D eigenvalue weighted by atomic mass is 9.75. The van der Waals surface area contributed by atoms with Gasteiger partial charge in [0.1, 0.15) is 18.3 Å². The van der Waals surface area contributed by atoms with Crippen LogP contribution in [0, 0.1) is 17.8 Å². The van der Waals surface area contributed by atoms with Crippen LogP contribution in [0.5, 0.6) is 0 Å². The maximum absolute atomic E-state index is 11.1. The van der Waals surface area contributed by atoms with Gasteiger partial charge in [-0.3, -0.25) is 0 Å². The van der Waals surface area contributed by atoms with Gasteiger partial charge < -0.3 is 29.9 Å². The number of ether oxygens (including phenoxy) is 2. The third-order valence-corrected chi connectivity index (χ3v) is 5.08. The van der Waals surface area contributed by atoms with Crippen LogP contribution in [0.1, 0.15) is 40.0 Å². The van der Waals surface area contributed by atoms with Crippen molar-refractivity contribution in [2.24, 2.45) is 17.8 Å². The molecule has 0 aromatic carbocycles. The fourth-order valence-electron chi connectivity index (χ4n) is 3.61. The summed E-state index contributed by atoms with van der Waals surface area (Å²) in [5.41, 5.74) is 0.